The van der Waals surface area contributed by atoms with Crippen LogP contribution in [0.3, 0.4) is 0 Å². The van der Waals surface area contributed by atoms with Gasteiger partial charge in [0.15, 0.2) is 0 Å². The average Bonchev–Trinajstić information content (AvgIpc) is 2.77. The zero-order valence-electron chi connectivity index (χ0n) is 11.2. The number of aliphatic carboxylic acids is 1. The Kier molecular flexibility index (Phi) is 6.35. The van der Waals surface area contributed by atoms with Gasteiger partial charge in [0.1, 0.15) is 0 Å². The van der Waals surface area contributed by atoms with E-state index in [-0.39, 0.29) is 18.4 Å². The quantitative estimate of drug-likeness (QED) is 0.719. The van der Waals surface area contributed by atoms with Crippen LogP contribution in [0.25, 0.3) is 0 Å². The molecule has 1 aromatic heterocycles. The molecule has 106 valence electrons. The summed E-state index contributed by atoms with van der Waals surface area (Å²) in [4.78, 5) is 23.1. The molecular formula is C13H20N2O3S. The van der Waals surface area contributed by atoms with Crippen molar-refractivity contribution in [3.63, 3.8) is 0 Å². The van der Waals surface area contributed by atoms with Crippen LogP contribution < -0.4 is 10.6 Å². The van der Waals surface area contributed by atoms with Crippen LogP contribution in [0, 0.1) is 12.8 Å². The van der Waals surface area contributed by atoms with Crippen molar-refractivity contribution in [2.45, 2.75) is 33.2 Å². The predicted octanol–water partition coefficient (Wildman–Crippen LogP) is 2.36. The molecule has 0 saturated heterocycles. The molecule has 5 nitrogen and oxygen atoms in total. The fourth-order valence-electron chi connectivity index (χ4n) is 1.55. The van der Waals surface area contributed by atoms with E-state index in [1.165, 1.54) is 5.56 Å². The second kappa shape index (κ2) is 7.78. The molecule has 2 amide bonds. The summed E-state index contributed by atoms with van der Waals surface area (Å²) in [5.41, 5.74) is 1.18. The second-order valence-electron chi connectivity index (χ2n) is 4.63. The van der Waals surface area contributed by atoms with Gasteiger partial charge in [-0.2, -0.15) is 0 Å². The number of urea groups is 1. The molecule has 1 rings (SSSR count). The average molecular weight is 284 g/mol. The van der Waals surface area contributed by atoms with Crippen LogP contribution in [0.5, 0.6) is 0 Å². The number of carboxylic acids is 1. The number of hydrogen-bond acceptors (Lipinski definition) is 3. The number of carboxylic acid groups (broad SMARTS) is 1. The highest BCUT2D eigenvalue weighted by atomic mass is 32.1. The first kappa shape index (κ1) is 15.5. The summed E-state index contributed by atoms with van der Waals surface area (Å²) in [5, 5.41) is 16.1. The summed E-state index contributed by atoms with van der Waals surface area (Å²) in [5.74, 6) is -0.644. The van der Waals surface area contributed by atoms with Gasteiger partial charge in [0, 0.05) is 17.8 Å². The molecule has 1 unspecified atom stereocenters. The summed E-state index contributed by atoms with van der Waals surface area (Å²) in [6.45, 7) is 4.95. The molecule has 0 radical (unpaired) electrons. The highest BCUT2D eigenvalue weighted by Crippen LogP contribution is 2.14. The van der Waals surface area contributed by atoms with Crippen molar-refractivity contribution in [2.24, 2.45) is 5.92 Å². The summed E-state index contributed by atoms with van der Waals surface area (Å²) < 4.78 is 0. The van der Waals surface area contributed by atoms with Crippen LogP contribution >= 0.6 is 11.3 Å². The Bertz CT molecular complexity index is 431. The molecule has 0 aliphatic carbocycles. The molecule has 0 aromatic carbocycles. The van der Waals surface area contributed by atoms with Gasteiger partial charge < -0.3 is 15.7 Å². The van der Waals surface area contributed by atoms with Crippen molar-refractivity contribution in [3.8, 4) is 0 Å². The number of hydrogen-bond donors (Lipinski definition) is 3. The molecule has 1 heterocycles. The number of thiophene rings is 1. The van der Waals surface area contributed by atoms with Crippen LogP contribution in [-0.4, -0.2) is 23.7 Å². The minimum absolute atomic E-state index is 0.138. The van der Waals surface area contributed by atoms with Gasteiger partial charge in [-0.3, -0.25) is 4.79 Å². The number of rotatable bonds is 7. The smallest absolute Gasteiger partial charge is 0.315 e. The molecule has 1 aromatic rings. The maximum Gasteiger partial charge on any atom is 0.315 e. The first-order valence-corrected chi connectivity index (χ1v) is 7.13. The molecule has 0 bridgehead atoms. The molecular weight excluding hydrogens is 264 g/mol. The van der Waals surface area contributed by atoms with E-state index >= 15 is 0 Å². The van der Waals surface area contributed by atoms with E-state index in [0.29, 0.717) is 19.5 Å². The van der Waals surface area contributed by atoms with E-state index in [4.69, 9.17) is 5.11 Å². The van der Waals surface area contributed by atoms with Gasteiger partial charge in [-0.1, -0.05) is 6.92 Å². The van der Waals surface area contributed by atoms with Crippen molar-refractivity contribution >= 4 is 23.3 Å². The summed E-state index contributed by atoms with van der Waals surface area (Å²) in [7, 11) is 0. The Balaban J connectivity index is 2.17. The summed E-state index contributed by atoms with van der Waals surface area (Å²) >= 11 is 1.62. The van der Waals surface area contributed by atoms with Crippen molar-refractivity contribution in [2.75, 3.05) is 6.54 Å². The molecule has 0 aliphatic rings. The zero-order chi connectivity index (χ0) is 14.3. The Morgan fingerprint density at radius 2 is 2.16 bits per heavy atom. The lowest BCUT2D eigenvalue weighted by Gasteiger charge is -2.12. The third-order valence-electron chi connectivity index (χ3n) is 2.84. The lowest BCUT2D eigenvalue weighted by molar-refractivity contribution is -0.137. The van der Waals surface area contributed by atoms with Crippen LogP contribution in [-0.2, 0) is 11.3 Å². The molecule has 0 fully saturated rings. The Labute approximate surface area is 117 Å². The first-order chi connectivity index (χ1) is 8.99. The van der Waals surface area contributed by atoms with E-state index in [9.17, 15) is 9.59 Å². The predicted molar refractivity (Wildman–Crippen MR) is 75.3 cm³/mol. The van der Waals surface area contributed by atoms with Crippen molar-refractivity contribution in [1.29, 1.82) is 0 Å². The van der Waals surface area contributed by atoms with E-state index < -0.39 is 5.97 Å². The van der Waals surface area contributed by atoms with Gasteiger partial charge in [0.05, 0.1) is 6.54 Å². The van der Waals surface area contributed by atoms with E-state index in [1.807, 2.05) is 25.3 Å². The topological polar surface area (TPSA) is 78.4 Å². The first-order valence-electron chi connectivity index (χ1n) is 6.25. The molecule has 3 N–H and O–H groups in total. The monoisotopic (exact) mass is 284 g/mol. The van der Waals surface area contributed by atoms with Gasteiger partial charge in [0.2, 0.25) is 0 Å². The van der Waals surface area contributed by atoms with Gasteiger partial charge >= 0.3 is 12.0 Å². The third-order valence-corrected chi connectivity index (χ3v) is 3.86. The standard InChI is InChI=1S/C13H20N2O3S/c1-9(3-4-12(16)17)7-14-13(18)15-8-11-10(2)5-6-19-11/h5-6,9H,3-4,7-8H2,1-2H3,(H,16,17)(H2,14,15,18). The van der Waals surface area contributed by atoms with Crippen LogP contribution in [0.2, 0.25) is 0 Å². The summed E-state index contributed by atoms with van der Waals surface area (Å²) in [6.07, 6.45) is 0.707. The molecule has 6 heteroatoms. The fourth-order valence-corrected chi connectivity index (χ4v) is 2.39. The van der Waals surface area contributed by atoms with Crippen molar-refractivity contribution in [1.82, 2.24) is 10.6 Å². The number of aryl methyl sites for hydroxylation is 1. The lowest BCUT2D eigenvalue weighted by Crippen LogP contribution is -2.37. The maximum atomic E-state index is 11.6. The maximum absolute atomic E-state index is 11.6. The summed E-state index contributed by atoms with van der Waals surface area (Å²) in [6, 6.07) is 1.81. The van der Waals surface area contributed by atoms with Crippen molar-refractivity contribution < 1.29 is 14.7 Å². The zero-order valence-corrected chi connectivity index (χ0v) is 12.0. The van der Waals surface area contributed by atoms with Crippen LogP contribution in [0.1, 0.15) is 30.2 Å². The molecule has 0 aliphatic heterocycles. The Hall–Kier alpha value is -1.56. The number of nitrogens with one attached hydrogen (secondary N) is 2. The third kappa shape index (κ3) is 6.24. The van der Waals surface area contributed by atoms with Crippen LogP contribution in [0.4, 0.5) is 4.79 Å². The molecule has 19 heavy (non-hydrogen) atoms. The second-order valence-corrected chi connectivity index (χ2v) is 5.63. The van der Waals surface area contributed by atoms with Gasteiger partial charge in [-0.05, 0) is 36.3 Å². The molecule has 0 spiro atoms. The SMILES string of the molecule is Cc1ccsc1CNC(=O)NCC(C)CCC(=O)O. The van der Waals surface area contributed by atoms with E-state index in [1.54, 1.807) is 11.3 Å². The Morgan fingerprint density at radius 1 is 1.42 bits per heavy atom. The van der Waals surface area contributed by atoms with Gasteiger partial charge in [0.25, 0.3) is 0 Å². The number of carbonyl (C=O) groups is 2. The number of amides is 2. The Morgan fingerprint density at radius 3 is 2.74 bits per heavy atom. The highest BCUT2D eigenvalue weighted by Gasteiger charge is 2.08. The van der Waals surface area contributed by atoms with Crippen LogP contribution in [0.15, 0.2) is 11.4 Å². The van der Waals surface area contributed by atoms with Crippen molar-refractivity contribution in [3.05, 3.63) is 21.9 Å². The normalized spacial score (nSPS) is 11.9. The lowest BCUT2D eigenvalue weighted by atomic mass is 10.1. The molecule has 0 saturated carbocycles. The van der Waals surface area contributed by atoms with Gasteiger partial charge in [-0.15, -0.1) is 11.3 Å². The largest absolute Gasteiger partial charge is 0.481 e. The van der Waals surface area contributed by atoms with Gasteiger partial charge in [-0.25, -0.2) is 4.79 Å². The fraction of sp³-hybridized carbons (Fsp3) is 0.538. The van der Waals surface area contributed by atoms with E-state index in [0.717, 1.165) is 4.88 Å². The highest BCUT2D eigenvalue weighted by molar-refractivity contribution is 7.10. The minimum atomic E-state index is -0.801. The minimum Gasteiger partial charge on any atom is -0.481 e. The molecule has 1 atom stereocenters. The van der Waals surface area contributed by atoms with E-state index in [2.05, 4.69) is 10.6 Å². The number of carbonyl (C=O) groups excluding carboxylic acids is 1.